The van der Waals surface area contributed by atoms with Crippen LogP contribution in [0.15, 0.2) is 40.9 Å². The third kappa shape index (κ3) is 4.55. The maximum absolute atomic E-state index is 3.66. The fraction of sp³-hybridized carbons (Fsp3) is 0.474. The van der Waals surface area contributed by atoms with E-state index >= 15 is 0 Å². The van der Waals surface area contributed by atoms with Crippen LogP contribution in [0.3, 0.4) is 0 Å². The molecule has 21 heavy (non-hydrogen) atoms. The molecule has 0 saturated carbocycles. The zero-order valence-electron chi connectivity index (χ0n) is 13.3. The molecule has 0 radical (unpaired) electrons. The maximum Gasteiger partial charge on any atom is 0.0322 e. The van der Waals surface area contributed by atoms with Gasteiger partial charge in [0, 0.05) is 10.5 Å². The van der Waals surface area contributed by atoms with Gasteiger partial charge in [-0.25, -0.2) is 0 Å². The largest absolute Gasteiger partial charge is 0.310 e. The number of nitrogens with one attached hydrogen (secondary N) is 1. The molecule has 0 heterocycles. The van der Waals surface area contributed by atoms with Crippen LogP contribution in [0.4, 0.5) is 0 Å². The molecule has 0 saturated heterocycles. The number of fused-ring (bicyclic) bond motifs is 1. The third-order valence-electron chi connectivity index (χ3n) is 4.10. The lowest BCUT2D eigenvalue weighted by molar-refractivity contribution is 0.395. The van der Waals surface area contributed by atoms with Gasteiger partial charge in [0.2, 0.25) is 0 Å². The van der Waals surface area contributed by atoms with Crippen molar-refractivity contribution in [1.29, 1.82) is 0 Å². The Morgan fingerprint density at radius 1 is 1.05 bits per heavy atom. The lowest BCUT2D eigenvalue weighted by atomic mass is 9.92. The zero-order valence-corrected chi connectivity index (χ0v) is 14.9. The average molecular weight is 348 g/mol. The Balaban J connectivity index is 2.24. The standard InChI is InChI=1S/C19H26BrN/c1-4-6-14(3)11-19(21-5-2)17-8-7-16-13-18(20)10-9-15(16)12-17/h7-10,12-14,19,21H,4-6,11H2,1-3H3. The molecule has 1 N–H and O–H groups in total. The van der Waals surface area contributed by atoms with Crippen molar-refractivity contribution in [2.75, 3.05) is 6.54 Å². The summed E-state index contributed by atoms with van der Waals surface area (Å²) in [7, 11) is 0. The monoisotopic (exact) mass is 347 g/mol. The Morgan fingerprint density at radius 3 is 2.48 bits per heavy atom. The molecule has 2 aromatic carbocycles. The van der Waals surface area contributed by atoms with Gasteiger partial charge in [-0.05, 0) is 53.4 Å². The summed E-state index contributed by atoms with van der Waals surface area (Å²) in [6.07, 6.45) is 3.79. The van der Waals surface area contributed by atoms with E-state index in [9.17, 15) is 0 Å². The van der Waals surface area contributed by atoms with Crippen molar-refractivity contribution in [3.8, 4) is 0 Å². The van der Waals surface area contributed by atoms with Crippen molar-refractivity contribution in [1.82, 2.24) is 5.32 Å². The maximum atomic E-state index is 3.66. The van der Waals surface area contributed by atoms with Crippen LogP contribution in [0.1, 0.15) is 51.6 Å². The van der Waals surface area contributed by atoms with Gasteiger partial charge in [0.25, 0.3) is 0 Å². The Labute approximate surface area is 137 Å². The van der Waals surface area contributed by atoms with Crippen LogP contribution in [0.5, 0.6) is 0 Å². The molecule has 0 aliphatic rings. The second-order valence-electron chi connectivity index (χ2n) is 5.99. The van der Waals surface area contributed by atoms with E-state index in [0.717, 1.165) is 16.9 Å². The fourth-order valence-electron chi connectivity index (χ4n) is 3.05. The first-order valence-electron chi connectivity index (χ1n) is 8.06. The molecule has 0 amide bonds. The van der Waals surface area contributed by atoms with Gasteiger partial charge in [0.1, 0.15) is 0 Å². The molecule has 114 valence electrons. The molecule has 0 fully saturated rings. The highest BCUT2D eigenvalue weighted by atomic mass is 79.9. The summed E-state index contributed by atoms with van der Waals surface area (Å²) in [5.74, 6) is 0.764. The molecule has 1 nitrogen and oxygen atoms in total. The number of halogens is 1. The second kappa shape index (κ2) is 7.95. The van der Waals surface area contributed by atoms with Crippen molar-refractivity contribution in [2.45, 2.75) is 46.1 Å². The van der Waals surface area contributed by atoms with Gasteiger partial charge in [-0.2, -0.15) is 0 Å². The van der Waals surface area contributed by atoms with Crippen molar-refractivity contribution < 1.29 is 0 Å². The van der Waals surface area contributed by atoms with Crippen molar-refractivity contribution in [2.24, 2.45) is 5.92 Å². The van der Waals surface area contributed by atoms with Crippen molar-refractivity contribution in [3.63, 3.8) is 0 Å². The van der Waals surface area contributed by atoms with E-state index in [2.05, 4.69) is 78.4 Å². The minimum Gasteiger partial charge on any atom is -0.310 e. The third-order valence-corrected chi connectivity index (χ3v) is 4.59. The van der Waals surface area contributed by atoms with Crippen LogP contribution in [0.2, 0.25) is 0 Å². The summed E-state index contributed by atoms with van der Waals surface area (Å²) in [6.45, 7) is 7.84. The van der Waals surface area contributed by atoms with Crippen LogP contribution in [-0.4, -0.2) is 6.54 Å². The average Bonchev–Trinajstić information content (AvgIpc) is 2.46. The highest BCUT2D eigenvalue weighted by Crippen LogP contribution is 2.28. The van der Waals surface area contributed by atoms with Gasteiger partial charge in [0.05, 0.1) is 0 Å². The van der Waals surface area contributed by atoms with Gasteiger partial charge in [-0.3, -0.25) is 0 Å². The van der Waals surface area contributed by atoms with Crippen molar-refractivity contribution >= 4 is 26.7 Å². The molecule has 0 aliphatic heterocycles. The predicted molar refractivity (Wildman–Crippen MR) is 96.8 cm³/mol. The molecule has 2 rings (SSSR count). The summed E-state index contributed by atoms with van der Waals surface area (Å²) < 4.78 is 1.14. The number of hydrogen-bond donors (Lipinski definition) is 1. The predicted octanol–water partition coefficient (Wildman–Crippen LogP) is 6.08. The van der Waals surface area contributed by atoms with E-state index in [4.69, 9.17) is 0 Å². The molecule has 2 heteroatoms. The number of hydrogen-bond acceptors (Lipinski definition) is 1. The van der Waals surface area contributed by atoms with Crippen LogP contribution < -0.4 is 5.32 Å². The lowest BCUT2D eigenvalue weighted by Crippen LogP contribution is -2.23. The zero-order chi connectivity index (χ0) is 15.2. The van der Waals surface area contributed by atoms with Crippen LogP contribution in [0.25, 0.3) is 10.8 Å². The summed E-state index contributed by atoms with van der Waals surface area (Å²) in [4.78, 5) is 0. The summed E-state index contributed by atoms with van der Waals surface area (Å²) in [6, 6.07) is 13.8. The first-order chi connectivity index (χ1) is 10.1. The van der Waals surface area contributed by atoms with Crippen molar-refractivity contribution in [3.05, 3.63) is 46.4 Å². The normalized spacial score (nSPS) is 14.3. The van der Waals surface area contributed by atoms with Crippen LogP contribution in [-0.2, 0) is 0 Å². The first-order valence-corrected chi connectivity index (χ1v) is 8.86. The first kappa shape index (κ1) is 16.5. The van der Waals surface area contributed by atoms with Gasteiger partial charge in [-0.15, -0.1) is 0 Å². The number of rotatable bonds is 7. The molecular weight excluding hydrogens is 322 g/mol. The Bertz CT molecular complexity index is 579. The fourth-order valence-corrected chi connectivity index (χ4v) is 3.43. The topological polar surface area (TPSA) is 12.0 Å². The lowest BCUT2D eigenvalue weighted by Gasteiger charge is -2.22. The van der Waals surface area contributed by atoms with E-state index in [-0.39, 0.29) is 0 Å². The quantitative estimate of drug-likeness (QED) is 0.639. The summed E-state index contributed by atoms with van der Waals surface area (Å²) in [5.41, 5.74) is 1.41. The SMILES string of the molecule is CCCC(C)CC(NCC)c1ccc2cc(Br)ccc2c1. The Morgan fingerprint density at radius 2 is 1.76 bits per heavy atom. The molecule has 2 unspecified atom stereocenters. The molecule has 0 aliphatic carbocycles. The van der Waals surface area contributed by atoms with E-state index in [1.165, 1.54) is 35.6 Å². The molecular formula is C19H26BrN. The van der Waals surface area contributed by atoms with E-state index in [1.807, 2.05) is 0 Å². The minimum atomic E-state index is 0.463. The van der Waals surface area contributed by atoms with E-state index in [0.29, 0.717) is 6.04 Å². The Kier molecular flexibility index (Phi) is 6.25. The smallest absolute Gasteiger partial charge is 0.0322 e. The molecule has 0 spiro atoms. The minimum absolute atomic E-state index is 0.463. The van der Waals surface area contributed by atoms with E-state index in [1.54, 1.807) is 0 Å². The molecule has 0 aromatic heterocycles. The van der Waals surface area contributed by atoms with Crippen LogP contribution in [0, 0.1) is 5.92 Å². The molecule has 2 aromatic rings. The summed E-state index contributed by atoms with van der Waals surface area (Å²) >= 11 is 3.54. The molecule has 0 bridgehead atoms. The van der Waals surface area contributed by atoms with Gasteiger partial charge in [0.15, 0.2) is 0 Å². The highest BCUT2D eigenvalue weighted by Gasteiger charge is 2.14. The van der Waals surface area contributed by atoms with Crippen LogP contribution >= 0.6 is 15.9 Å². The summed E-state index contributed by atoms with van der Waals surface area (Å²) in [5, 5.41) is 6.27. The van der Waals surface area contributed by atoms with E-state index < -0.39 is 0 Å². The van der Waals surface area contributed by atoms with Gasteiger partial charge < -0.3 is 5.32 Å². The Hall–Kier alpha value is -0.860. The van der Waals surface area contributed by atoms with Gasteiger partial charge >= 0.3 is 0 Å². The molecule has 2 atom stereocenters. The van der Waals surface area contributed by atoms with Gasteiger partial charge in [-0.1, -0.05) is 67.7 Å². The number of benzene rings is 2. The highest BCUT2D eigenvalue weighted by molar-refractivity contribution is 9.10. The second-order valence-corrected chi connectivity index (χ2v) is 6.91.